The lowest BCUT2D eigenvalue weighted by atomic mass is 10.0. The van der Waals surface area contributed by atoms with E-state index in [1.54, 1.807) is 6.92 Å². The van der Waals surface area contributed by atoms with Crippen molar-refractivity contribution in [2.75, 3.05) is 11.6 Å². The second-order valence-electron chi connectivity index (χ2n) is 6.86. The zero-order valence-electron chi connectivity index (χ0n) is 16.3. The van der Waals surface area contributed by atoms with Crippen LogP contribution in [-0.4, -0.2) is 25.4 Å². The number of aromatic amines is 1. The van der Waals surface area contributed by atoms with E-state index >= 15 is 0 Å². The maximum absolute atomic E-state index is 13.6. The van der Waals surface area contributed by atoms with Crippen LogP contribution in [0.4, 0.5) is 23.4 Å². The van der Waals surface area contributed by atoms with E-state index in [0.717, 1.165) is 12.1 Å². The highest BCUT2D eigenvalue weighted by Gasteiger charge is 2.31. The van der Waals surface area contributed by atoms with Gasteiger partial charge >= 0.3 is 6.18 Å². The Kier molecular flexibility index (Phi) is 5.59. The van der Waals surface area contributed by atoms with Gasteiger partial charge in [0.1, 0.15) is 23.5 Å². The molecule has 0 aliphatic carbocycles. The van der Waals surface area contributed by atoms with Crippen molar-refractivity contribution in [3.05, 3.63) is 70.6 Å². The van der Waals surface area contributed by atoms with Crippen molar-refractivity contribution < 1.29 is 21.8 Å². The monoisotopic (exact) mass is 441 g/mol. The van der Waals surface area contributed by atoms with Gasteiger partial charge in [0.2, 0.25) is 0 Å². The Balaban J connectivity index is 2.08. The van der Waals surface area contributed by atoms with Crippen LogP contribution in [0.5, 0.6) is 0 Å². The molecule has 160 valence electrons. The zero-order valence-corrected chi connectivity index (χ0v) is 17.1. The summed E-state index contributed by atoms with van der Waals surface area (Å²) in [4.78, 5) is 11.3. The number of hydrogen-bond donors (Lipinski definition) is 3. The van der Waals surface area contributed by atoms with E-state index in [-0.39, 0.29) is 22.4 Å². The molecular formula is C19H19F4N5OS. The molecule has 30 heavy (non-hydrogen) atoms. The first-order chi connectivity index (χ1) is 13.9. The SMILES string of the molecule is Cc1nc(NC(c2ccc(C(F)(F)F)cc2)c2nc([S@](C)(=N)=O)c(C)[nH]2)ccc1F. The third kappa shape index (κ3) is 4.61. The van der Waals surface area contributed by atoms with Crippen LogP contribution in [0.1, 0.15) is 34.4 Å². The summed E-state index contributed by atoms with van der Waals surface area (Å²) < 4.78 is 72.3. The number of benzene rings is 1. The first kappa shape index (κ1) is 21.8. The number of aromatic nitrogens is 3. The van der Waals surface area contributed by atoms with E-state index in [1.807, 2.05) is 0 Å². The summed E-state index contributed by atoms with van der Waals surface area (Å²) in [6.45, 7) is 3.09. The standard InChI is InChI=1S/C19H19F4N5OS/c1-10-14(20)8-9-15(25-10)27-16(12-4-6-13(7-5-12)19(21,22)23)17-26-11(2)18(28-17)30(3,24)29/h4-9,16,24H,1-3H3,(H,25,27)(H,26,28)/t16?,30-/m1/s1. The molecule has 0 aliphatic rings. The van der Waals surface area contributed by atoms with Crippen molar-refractivity contribution in [3.8, 4) is 0 Å². The summed E-state index contributed by atoms with van der Waals surface area (Å²) in [6.07, 6.45) is -3.25. The number of anilines is 1. The van der Waals surface area contributed by atoms with E-state index in [4.69, 9.17) is 4.78 Å². The molecule has 0 spiro atoms. The summed E-state index contributed by atoms with van der Waals surface area (Å²) in [5.41, 5.74) is 0.166. The maximum Gasteiger partial charge on any atom is 0.416 e. The van der Waals surface area contributed by atoms with Gasteiger partial charge in [-0.05, 0) is 43.7 Å². The number of pyridine rings is 1. The summed E-state index contributed by atoms with van der Waals surface area (Å²) in [5, 5.41) is 3.08. The summed E-state index contributed by atoms with van der Waals surface area (Å²) >= 11 is 0. The molecule has 3 rings (SSSR count). The topological polar surface area (TPSA) is 94.5 Å². The minimum atomic E-state index is -4.48. The molecule has 1 unspecified atom stereocenters. The number of halogens is 4. The van der Waals surface area contributed by atoms with Gasteiger partial charge in [-0.15, -0.1) is 0 Å². The molecule has 0 bridgehead atoms. The molecule has 1 aromatic carbocycles. The number of hydrogen-bond acceptors (Lipinski definition) is 5. The van der Waals surface area contributed by atoms with E-state index < -0.39 is 33.3 Å². The molecule has 0 saturated heterocycles. The zero-order chi connectivity index (χ0) is 22.3. The van der Waals surface area contributed by atoms with Crippen LogP contribution in [0.15, 0.2) is 41.4 Å². The highest BCUT2D eigenvalue weighted by atomic mass is 32.2. The van der Waals surface area contributed by atoms with Gasteiger partial charge in [-0.3, -0.25) is 0 Å². The van der Waals surface area contributed by atoms with Gasteiger partial charge in [0, 0.05) is 11.9 Å². The maximum atomic E-state index is 13.6. The fraction of sp³-hybridized carbons (Fsp3) is 0.263. The average Bonchev–Trinajstić information content (AvgIpc) is 3.04. The van der Waals surface area contributed by atoms with Crippen molar-refractivity contribution >= 4 is 15.5 Å². The van der Waals surface area contributed by atoms with Crippen molar-refractivity contribution in [1.29, 1.82) is 4.78 Å². The molecule has 2 atom stereocenters. The van der Waals surface area contributed by atoms with Crippen molar-refractivity contribution in [2.45, 2.75) is 31.1 Å². The Morgan fingerprint density at radius 3 is 2.23 bits per heavy atom. The van der Waals surface area contributed by atoms with Gasteiger partial charge in [0.25, 0.3) is 0 Å². The molecule has 0 radical (unpaired) electrons. The highest BCUT2D eigenvalue weighted by Crippen LogP contribution is 2.32. The van der Waals surface area contributed by atoms with E-state index in [1.165, 1.54) is 37.4 Å². The van der Waals surface area contributed by atoms with E-state index in [9.17, 15) is 21.8 Å². The number of rotatable bonds is 5. The molecule has 0 fully saturated rings. The molecule has 0 amide bonds. The Morgan fingerprint density at radius 2 is 1.73 bits per heavy atom. The minimum Gasteiger partial charge on any atom is -0.356 e. The normalized spacial score (nSPS) is 14.9. The summed E-state index contributed by atoms with van der Waals surface area (Å²) in [5.74, 6) is 0.0213. The molecule has 11 heteroatoms. The Morgan fingerprint density at radius 1 is 1.10 bits per heavy atom. The van der Waals surface area contributed by atoms with E-state index in [2.05, 4.69) is 20.3 Å². The van der Waals surface area contributed by atoms with Gasteiger partial charge in [0.05, 0.1) is 21.0 Å². The predicted octanol–water partition coefficient (Wildman–Crippen LogP) is 4.82. The average molecular weight is 441 g/mol. The highest BCUT2D eigenvalue weighted by molar-refractivity contribution is 7.91. The van der Waals surface area contributed by atoms with Gasteiger partial charge in [-0.2, -0.15) is 13.2 Å². The molecule has 2 aromatic heterocycles. The molecule has 3 N–H and O–H groups in total. The van der Waals surface area contributed by atoms with E-state index in [0.29, 0.717) is 11.3 Å². The third-order valence-electron chi connectivity index (χ3n) is 4.39. The lowest BCUT2D eigenvalue weighted by Crippen LogP contribution is -2.16. The van der Waals surface area contributed by atoms with Crippen molar-refractivity contribution in [3.63, 3.8) is 0 Å². The molecule has 0 aliphatic heterocycles. The fourth-order valence-corrected chi connectivity index (χ4v) is 3.84. The van der Waals surface area contributed by atoms with Crippen LogP contribution >= 0.6 is 0 Å². The smallest absolute Gasteiger partial charge is 0.356 e. The van der Waals surface area contributed by atoms with Gasteiger partial charge in [0.15, 0.2) is 5.03 Å². The lowest BCUT2D eigenvalue weighted by molar-refractivity contribution is -0.137. The predicted molar refractivity (Wildman–Crippen MR) is 104 cm³/mol. The first-order valence-electron chi connectivity index (χ1n) is 8.73. The first-order valence-corrected chi connectivity index (χ1v) is 10.7. The van der Waals surface area contributed by atoms with Gasteiger partial charge < -0.3 is 10.3 Å². The summed E-state index contributed by atoms with van der Waals surface area (Å²) in [6, 6.07) is 6.27. The third-order valence-corrected chi connectivity index (χ3v) is 5.52. The van der Waals surface area contributed by atoms with Gasteiger partial charge in [-0.25, -0.2) is 23.3 Å². The quantitative estimate of drug-likeness (QED) is 0.495. The summed E-state index contributed by atoms with van der Waals surface area (Å²) in [7, 11) is -3.12. The molecular weight excluding hydrogens is 422 g/mol. The second-order valence-corrected chi connectivity index (χ2v) is 8.93. The Bertz CT molecular complexity index is 1170. The number of alkyl halides is 3. The second kappa shape index (κ2) is 7.71. The number of nitrogens with one attached hydrogen (secondary N) is 3. The number of nitrogens with zero attached hydrogens (tertiary/aromatic N) is 2. The van der Waals surface area contributed by atoms with Crippen LogP contribution < -0.4 is 5.32 Å². The van der Waals surface area contributed by atoms with Crippen LogP contribution in [0, 0.1) is 24.4 Å². The molecule has 0 saturated carbocycles. The largest absolute Gasteiger partial charge is 0.416 e. The number of imidazole rings is 1. The molecule has 2 heterocycles. The Labute approximate surface area is 170 Å². The van der Waals surface area contributed by atoms with Crippen LogP contribution in [0.3, 0.4) is 0 Å². The van der Waals surface area contributed by atoms with Crippen LogP contribution in [0.2, 0.25) is 0 Å². The lowest BCUT2D eigenvalue weighted by Gasteiger charge is -2.19. The van der Waals surface area contributed by atoms with Gasteiger partial charge in [-0.1, -0.05) is 12.1 Å². The van der Waals surface area contributed by atoms with Crippen LogP contribution in [0.25, 0.3) is 0 Å². The van der Waals surface area contributed by atoms with Crippen molar-refractivity contribution in [1.82, 2.24) is 15.0 Å². The fourth-order valence-electron chi connectivity index (χ4n) is 2.93. The minimum absolute atomic E-state index is 0.0551. The van der Waals surface area contributed by atoms with Crippen LogP contribution in [-0.2, 0) is 15.9 Å². The van der Waals surface area contributed by atoms with Crippen molar-refractivity contribution in [2.24, 2.45) is 0 Å². The molecule has 3 aromatic rings. The number of H-pyrrole nitrogens is 1. The molecule has 6 nitrogen and oxygen atoms in total. The number of aryl methyl sites for hydroxylation is 2. The Hall–Kier alpha value is -2.95.